The smallest absolute Gasteiger partial charge is 0.191 e. The van der Waals surface area contributed by atoms with E-state index in [2.05, 4.69) is 51.2 Å². The van der Waals surface area contributed by atoms with E-state index in [1.807, 2.05) is 6.92 Å². The van der Waals surface area contributed by atoms with Gasteiger partial charge in [-0.15, -0.1) is 34.2 Å². The first-order valence-electron chi connectivity index (χ1n) is 9.70. The van der Waals surface area contributed by atoms with E-state index in [9.17, 15) is 0 Å². The number of nitrogens with zero attached hydrogens (tertiary/aromatic N) is 4. The average Bonchev–Trinajstić information content (AvgIpc) is 3.02. The number of aliphatic imine (C=N–C) groups is 1. The summed E-state index contributed by atoms with van der Waals surface area (Å²) in [4.78, 5) is 4.68. The number of halogens is 1. The van der Waals surface area contributed by atoms with E-state index in [4.69, 9.17) is 4.74 Å². The third-order valence-electron chi connectivity index (χ3n) is 4.50. The molecule has 1 atom stereocenters. The zero-order valence-electron chi connectivity index (χ0n) is 16.6. The Hall–Kier alpha value is -0.900. The molecule has 8 heteroatoms. The van der Waals surface area contributed by atoms with Crippen LogP contribution in [0.15, 0.2) is 4.99 Å². The Morgan fingerprint density at radius 3 is 2.73 bits per heavy atom. The van der Waals surface area contributed by atoms with Crippen LogP contribution < -0.4 is 10.6 Å². The lowest BCUT2D eigenvalue weighted by atomic mass is 10.0. The summed E-state index contributed by atoms with van der Waals surface area (Å²) in [6, 6.07) is 0. The molecule has 0 amide bonds. The van der Waals surface area contributed by atoms with Crippen molar-refractivity contribution in [3.8, 4) is 0 Å². The summed E-state index contributed by atoms with van der Waals surface area (Å²) in [5.74, 6) is 3.41. The number of ether oxygens (including phenoxy) is 1. The number of hydrogen-bond acceptors (Lipinski definition) is 4. The highest BCUT2D eigenvalue weighted by Crippen LogP contribution is 2.14. The largest absolute Gasteiger partial charge is 0.378 e. The normalized spacial score (nSPS) is 15.3. The van der Waals surface area contributed by atoms with Gasteiger partial charge in [0.25, 0.3) is 0 Å². The van der Waals surface area contributed by atoms with Gasteiger partial charge in [0.05, 0.1) is 6.10 Å². The lowest BCUT2D eigenvalue weighted by Gasteiger charge is -2.21. The molecule has 2 heterocycles. The van der Waals surface area contributed by atoms with Crippen molar-refractivity contribution in [3.05, 3.63) is 11.6 Å². The molecule has 0 spiro atoms. The quantitative estimate of drug-likeness (QED) is 0.324. The van der Waals surface area contributed by atoms with E-state index in [0.717, 1.165) is 56.7 Å². The maximum atomic E-state index is 5.80. The molecule has 26 heavy (non-hydrogen) atoms. The Kier molecular flexibility index (Phi) is 11.1. The number of rotatable bonds is 9. The van der Waals surface area contributed by atoms with Crippen LogP contribution in [0.3, 0.4) is 0 Å². The van der Waals surface area contributed by atoms with Gasteiger partial charge in [-0.05, 0) is 39.0 Å². The van der Waals surface area contributed by atoms with Crippen molar-refractivity contribution >= 4 is 29.9 Å². The summed E-state index contributed by atoms with van der Waals surface area (Å²) < 4.78 is 8.03. The molecule has 7 nitrogen and oxygen atoms in total. The highest BCUT2D eigenvalue weighted by atomic mass is 127. The highest BCUT2D eigenvalue weighted by Gasteiger charge is 2.16. The monoisotopic (exact) mass is 478 g/mol. The Balaban J connectivity index is 0.00000338. The SMILES string of the molecule is CCNC(=NCc1nnc2n1CCCC2)NCCC(OCC)C(C)C.I. The molecule has 1 unspecified atom stereocenters. The highest BCUT2D eigenvalue weighted by molar-refractivity contribution is 14.0. The predicted molar refractivity (Wildman–Crippen MR) is 116 cm³/mol. The number of hydrogen-bond donors (Lipinski definition) is 2. The molecule has 2 N–H and O–H groups in total. The molecule has 1 aliphatic heterocycles. The van der Waals surface area contributed by atoms with Gasteiger partial charge >= 0.3 is 0 Å². The molecule has 2 rings (SSSR count). The average molecular weight is 478 g/mol. The Bertz CT molecular complexity index is 546. The minimum absolute atomic E-state index is 0. The van der Waals surface area contributed by atoms with Crippen LogP contribution in [0, 0.1) is 5.92 Å². The molecule has 1 aromatic rings. The van der Waals surface area contributed by atoms with E-state index < -0.39 is 0 Å². The fourth-order valence-corrected chi connectivity index (χ4v) is 3.13. The molecule has 0 aliphatic carbocycles. The van der Waals surface area contributed by atoms with E-state index in [-0.39, 0.29) is 30.1 Å². The first kappa shape index (κ1) is 23.1. The molecule has 1 aliphatic rings. The van der Waals surface area contributed by atoms with Gasteiger partial charge in [-0.2, -0.15) is 0 Å². The molecule has 0 radical (unpaired) electrons. The van der Waals surface area contributed by atoms with Crippen LogP contribution in [0.4, 0.5) is 0 Å². The summed E-state index contributed by atoms with van der Waals surface area (Å²) in [5.41, 5.74) is 0. The summed E-state index contributed by atoms with van der Waals surface area (Å²) in [6.07, 6.45) is 4.69. The molecular weight excluding hydrogens is 443 g/mol. The topological polar surface area (TPSA) is 76.4 Å². The molecule has 0 saturated heterocycles. The van der Waals surface area contributed by atoms with Crippen LogP contribution >= 0.6 is 24.0 Å². The number of aryl methyl sites for hydroxylation is 1. The Morgan fingerprint density at radius 2 is 2.04 bits per heavy atom. The zero-order valence-corrected chi connectivity index (χ0v) is 19.0. The third-order valence-corrected chi connectivity index (χ3v) is 4.50. The summed E-state index contributed by atoms with van der Waals surface area (Å²) in [6.45, 7) is 12.5. The van der Waals surface area contributed by atoms with Gasteiger partial charge in [0.15, 0.2) is 11.8 Å². The number of nitrogens with one attached hydrogen (secondary N) is 2. The van der Waals surface area contributed by atoms with Crippen LogP contribution in [0.25, 0.3) is 0 Å². The molecular formula is C18H35IN6O. The van der Waals surface area contributed by atoms with Crippen molar-refractivity contribution in [2.45, 2.75) is 72.6 Å². The van der Waals surface area contributed by atoms with Crippen LogP contribution in [-0.2, 0) is 24.2 Å². The van der Waals surface area contributed by atoms with Crippen LogP contribution in [0.5, 0.6) is 0 Å². The maximum Gasteiger partial charge on any atom is 0.191 e. The summed E-state index contributed by atoms with van der Waals surface area (Å²) in [5, 5.41) is 15.3. The van der Waals surface area contributed by atoms with Gasteiger partial charge in [-0.3, -0.25) is 0 Å². The van der Waals surface area contributed by atoms with Gasteiger partial charge in [-0.25, -0.2) is 4.99 Å². The van der Waals surface area contributed by atoms with Gasteiger partial charge in [-0.1, -0.05) is 13.8 Å². The summed E-state index contributed by atoms with van der Waals surface area (Å²) in [7, 11) is 0. The fraction of sp³-hybridized carbons (Fsp3) is 0.833. The first-order chi connectivity index (χ1) is 12.2. The van der Waals surface area contributed by atoms with Crippen molar-refractivity contribution < 1.29 is 4.74 Å². The van der Waals surface area contributed by atoms with Crippen molar-refractivity contribution in [2.75, 3.05) is 19.7 Å². The predicted octanol–water partition coefficient (Wildman–Crippen LogP) is 2.74. The number of fused-ring (bicyclic) bond motifs is 1. The second kappa shape index (κ2) is 12.5. The second-order valence-electron chi connectivity index (χ2n) is 6.79. The molecule has 0 fully saturated rings. The Labute approximate surface area is 174 Å². The van der Waals surface area contributed by atoms with Crippen LogP contribution in [-0.4, -0.2) is 46.5 Å². The summed E-state index contributed by atoms with van der Waals surface area (Å²) >= 11 is 0. The van der Waals surface area contributed by atoms with Crippen molar-refractivity contribution in [2.24, 2.45) is 10.9 Å². The van der Waals surface area contributed by atoms with E-state index in [0.29, 0.717) is 12.5 Å². The van der Waals surface area contributed by atoms with E-state index >= 15 is 0 Å². The minimum atomic E-state index is 0. The number of aromatic nitrogens is 3. The van der Waals surface area contributed by atoms with Crippen molar-refractivity contribution in [1.29, 1.82) is 0 Å². The maximum absolute atomic E-state index is 5.80. The minimum Gasteiger partial charge on any atom is -0.378 e. The third kappa shape index (κ3) is 7.02. The molecule has 150 valence electrons. The van der Waals surface area contributed by atoms with Crippen LogP contribution in [0.2, 0.25) is 0 Å². The van der Waals surface area contributed by atoms with Gasteiger partial charge in [0.2, 0.25) is 0 Å². The molecule has 0 saturated carbocycles. The van der Waals surface area contributed by atoms with E-state index in [1.165, 1.54) is 12.8 Å². The van der Waals surface area contributed by atoms with Gasteiger partial charge in [0, 0.05) is 32.7 Å². The molecule has 1 aromatic heterocycles. The fourth-order valence-electron chi connectivity index (χ4n) is 3.13. The van der Waals surface area contributed by atoms with Gasteiger partial charge in [0.1, 0.15) is 12.4 Å². The lowest BCUT2D eigenvalue weighted by Crippen LogP contribution is -2.39. The molecule has 0 bridgehead atoms. The lowest BCUT2D eigenvalue weighted by molar-refractivity contribution is 0.0258. The second-order valence-corrected chi connectivity index (χ2v) is 6.79. The van der Waals surface area contributed by atoms with Crippen LogP contribution in [0.1, 0.15) is 58.6 Å². The van der Waals surface area contributed by atoms with Crippen molar-refractivity contribution in [1.82, 2.24) is 25.4 Å². The van der Waals surface area contributed by atoms with E-state index in [1.54, 1.807) is 0 Å². The van der Waals surface area contributed by atoms with Gasteiger partial charge < -0.3 is 19.9 Å². The standard InChI is InChI=1S/C18H34N6O.HI/c1-5-19-18(20-11-10-15(14(3)4)25-6-2)21-13-17-23-22-16-9-7-8-12-24(16)17;/h14-15H,5-13H2,1-4H3,(H2,19,20,21);1H. The van der Waals surface area contributed by atoms with Crippen molar-refractivity contribution in [3.63, 3.8) is 0 Å². The molecule has 0 aromatic carbocycles. The Morgan fingerprint density at radius 1 is 1.23 bits per heavy atom. The zero-order chi connectivity index (χ0) is 18.1. The number of guanidine groups is 1. The first-order valence-corrected chi connectivity index (χ1v) is 9.70.